The number of nitrogens with one attached hydrogen (secondary N) is 2. The Morgan fingerprint density at radius 1 is 1.29 bits per heavy atom. The zero-order chi connectivity index (χ0) is 16.7. The van der Waals surface area contributed by atoms with Gasteiger partial charge in [0.15, 0.2) is 0 Å². The third-order valence-electron chi connectivity index (χ3n) is 4.81. The number of hydrogen-bond acceptors (Lipinski definition) is 3. The van der Waals surface area contributed by atoms with Crippen LogP contribution in [0, 0.1) is 13.8 Å². The van der Waals surface area contributed by atoms with Crippen LogP contribution >= 0.6 is 0 Å². The van der Waals surface area contributed by atoms with Crippen LogP contribution in [0.5, 0.6) is 0 Å². The first kappa shape index (κ1) is 14.9. The number of piperidine rings is 1. The number of carbonyl (C=O) groups excluding carboxylic acids is 1. The van der Waals surface area contributed by atoms with Gasteiger partial charge in [0.25, 0.3) is 5.91 Å². The van der Waals surface area contributed by atoms with Crippen molar-refractivity contribution >= 4 is 16.9 Å². The molecule has 1 aromatic carbocycles. The fraction of sp³-hybridized carbons (Fsp3) is 0.389. The second-order valence-corrected chi connectivity index (χ2v) is 6.53. The van der Waals surface area contributed by atoms with Gasteiger partial charge >= 0.3 is 0 Å². The summed E-state index contributed by atoms with van der Waals surface area (Å²) >= 11 is 0. The van der Waals surface area contributed by atoms with Crippen LogP contribution in [0.15, 0.2) is 24.4 Å². The molecule has 1 aliphatic heterocycles. The van der Waals surface area contributed by atoms with Gasteiger partial charge in [-0.25, -0.2) is 4.98 Å². The highest BCUT2D eigenvalue weighted by Crippen LogP contribution is 2.32. The number of amides is 1. The molecule has 1 amide bonds. The number of fused-ring (bicyclic) bond motifs is 1. The fourth-order valence-electron chi connectivity index (χ4n) is 3.60. The van der Waals surface area contributed by atoms with Gasteiger partial charge in [0.2, 0.25) is 0 Å². The van der Waals surface area contributed by atoms with Crippen LogP contribution < -0.4 is 0 Å². The smallest absolute Gasteiger partial charge is 0.254 e. The Morgan fingerprint density at radius 3 is 2.96 bits per heavy atom. The first-order valence-electron chi connectivity index (χ1n) is 8.40. The van der Waals surface area contributed by atoms with Crippen molar-refractivity contribution in [2.45, 2.75) is 39.2 Å². The van der Waals surface area contributed by atoms with Crippen molar-refractivity contribution in [1.29, 1.82) is 0 Å². The molecular weight excluding hydrogens is 302 g/mol. The van der Waals surface area contributed by atoms with Crippen molar-refractivity contribution in [1.82, 2.24) is 25.1 Å². The van der Waals surface area contributed by atoms with Crippen LogP contribution in [0.4, 0.5) is 0 Å². The Bertz CT molecular complexity index is 894. The van der Waals surface area contributed by atoms with Gasteiger partial charge in [-0.2, -0.15) is 5.10 Å². The summed E-state index contributed by atoms with van der Waals surface area (Å²) in [6, 6.07) is 5.76. The lowest BCUT2D eigenvalue weighted by atomic mass is 9.96. The van der Waals surface area contributed by atoms with Gasteiger partial charge in [-0.1, -0.05) is 0 Å². The first-order chi connectivity index (χ1) is 11.6. The SMILES string of the molecule is Cc1nc2ccc(C(=O)N3CCCCC3c3[nH]ncc3C)cc2[nH]1. The highest BCUT2D eigenvalue weighted by atomic mass is 16.2. The van der Waals surface area contributed by atoms with Crippen LogP contribution in [0.25, 0.3) is 11.0 Å². The molecule has 0 aliphatic carbocycles. The molecule has 4 rings (SSSR count). The van der Waals surface area contributed by atoms with Crippen molar-refractivity contribution in [3.8, 4) is 0 Å². The van der Waals surface area contributed by atoms with E-state index in [1.54, 1.807) is 0 Å². The highest BCUT2D eigenvalue weighted by Gasteiger charge is 2.30. The van der Waals surface area contributed by atoms with Crippen LogP contribution in [-0.2, 0) is 0 Å². The topological polar surface area (TPSA) is 77.7 Å². The summed E-state index contributed by atoms with van der Waals surface area (Å²) in [4.78, 5) is 22.7. The maximum Gasteiger partial charge on any atom is 0.254 e. The second-order valence-electron chi connectivity index (χ2n) is 6.53. The lowest BCUT2D eigenvalue weighted by Crippen LogP contribution is -2.39. The van der Waals surface area contributed by atoms with E-state index in [1.807, 2.05) is 43.1 Å². The number of aromatic amines is 2. The summed E-state index contributed by atoms with van der Waals surface area (Å²) < 4.78 is 0. The minimum Gasteiger partial charge on any atom is -0.342 e. The van der Waals surface area contributed by atoms with Gasteiger partial charge in [-0.15, -0.1) is 0 Å². The molecule has 1 fully saturated rings. The lowest BCUT2D eigenvalue weighted by Gasteiger charge is -2.35. The molecule has 1 saturated heterocycles. The Morgan fingerprint density at radius 2 is 2.17 bits per heavy atom. The van der Waals surface area contributed by atoms with Crippen LogP contribution in [0.3, 0.4) is 0 Å². The highest BCUT2D eigenvalue weighted by molar-refractivity contribution is 5.97. The third-order valence-corrected chi connectivity index (χ3v) is 4.81. The van der Waals surface area contributed by atoms with Gasteiger partial charge < -0.3 is 9.88 Å². The monoisotopic (exact) mass is 323 g/mol. The molecule has 2 aromatic heterocycles. The summed E-state index contributed by atoms with van der Waals surface area (Å²) in [5.74, 6) is 0.932. The van der Waals surface area contributed by atoms with Gasteiger partial charge in [0, 0.05) is 12.1 Å². The maximum atomic E-state index is 13.1. The maximum absolute atomic E-state index is 13.1. The van der Waals surface area contributed by atoms with E-state index in [4.69, 9.17) is 0 Å². The zero-order valence-electron chi connectivity index (χ0n) is 14.0. The summed E-state index contributed by atoms with van der Waals surface area (Å²) in [6.45, 7) is 4.74. The predicted octanol–water partition coefficient (Wildman–Crippen LogP) is 3.27. The molecule has 6 nitrogen and oxygen atoms in total. The third kappa shape index (κ3) is 2.48. The minimum absolute atomic E-state index is 0.0721. The summed E-state index contributed by atoms with van der Waals surface area (Å²) in [5.41, 5.74) is 4.67. The number of imidazole rings is 1. The second kappa shape index (κ2) is 5.78. The zero-order valence-corrected chi connectivity index (χ0v) is 14.0. The van der Waals surface area contributed by atoms with Crippen LogP contribution in [-0.4, -0.2) is 37.5 Å². The van der Waals surface area contributed by atoms with E-state index in [9.17, 15) is 4.79 Å². The van der Waals surface area contributed by atoms with Crippen molar-refractivity contribution in [3.63, 3.8) is 0 Å². The first-order valence-corrected chi connectivity index (χ1v) is 8.40. The molecule has 1 atom stereocenters. The molecule has 0 saturated carbocycles. The number of benzene rings is 1. The van der Waals surface area contributed by atoms with E-state index >= 15 is 0 Å². The predicted molar refractivity (Wildman–Crippen MR) is 91.8 cm³/mol. The number of carbonyl (C=O) groups is 1. The van der Waals surface area contributed by atoms with E-state index in [1.165, 1.54) is 0 Å². The quantitative estimate of drug-likeness (QED) is 0.760. The Kier molecular flexibility index (Phi) is 3.59. The molecule has 2 N–H and O–H groups in total. The van der Waals surface area contributed by atoms with Crippen molar-refractivity contribution in [3.05, 3.63) is 47.0 Å². The number of aryl methyl sites for hydroxylation is 2. The molecule has 24 heavy (non-hydrogen) atoms. The van der Waals surface area contributed by atoms with Gasteiger partial charge in [0.1, 0.15) is 5.82 Å². The summed E-state index contributed by atoms with van der Waals surface area (Å²) in [5, 5.41) is 7.22. The fourth-order valence-corrected chi connectivity index (χ4v) is 3.60. The van der Waals surface area contributed by atoms with Gasteiger partial charge in [-0.05, 0) is 56.9 Å². The molecule has 1 unspecified atom stereocenters. The molecule has 0 spiro atoms. The van der Waals surface area contributed by atoms with Gasteiger partial charge in [0.05, 0.1) is 29.0 Å². The van der Waals surface area contributed by atoms with E-state index in [-0.39, 0.29) is 11.9 Å². The number of H-pyrrole nitrogens is 2. The van der Waals surface area contributed by atoms with Crippen molar-refractivity contribution < 1.29 is 4.79 Å². The minimum atomic E-state index is 0.0721. The molecule has 3 heterocycles. The lowest BCUT2D eigenvalue weighted by molar-refractivity contribution is 0.0605. The molecule has 6 heteroatoms. The average molecular weight is 323 g/mol. The van der Waals surface area contributed by atoms with E-state index < -0.39 is 0 Å². The van der Waals surface area contributed by atoms with Crippen molar-refractivity contribution in [2.75, 3.05) is 6.54 Å². The number of rotatable bonds is 2. The molecule has 0 bridgehead atoms. The van der Waals surface area contributed by atoms with Crippen LogP contribution in [0.2, 0.25) is 0 Å². The van der Waals surface area contributed by atoms with Gasteiger partial charge in [-0.3, -0.25) is 9.89 Å². The molecule has 0 radical (unpaired) electrons. The average Bonchev–Trinajstić information content (AvgIpc) is 3.17. The summed E-state index contributed by atoms with van der Waals surface area (Å²) in [6.07, 6.45) is 4.97. The normalized spacial score (nSPS) is 18.2. The number of hydrogen-bond donors (Lipinski definition) is 2. The van der Waals surface area contributed by atoms with Crippen LogP contribution in [0.1, 0.15) is 52.7 Å². The Balaban J connectivity index is 1.68. The Labute approximate surface area is 140 Å². The van der Waals surface area contributed by atoms with E-state index in [0.717, 1.165) is 53.9 Å². The Hall–Kier alpha value is -2.63. The number of aromatic nitrogens is 4. The van der Waals surface area contributed by atoms with E-state index in [0.29, 0.717) is 5.56 Å². The molecule has 1 aliphatic rings. The number of nitrogens with zero attached hydrogens (tertiary/aromatic N) is 3. The standard InChI is InChI=1S/C18H21N5O/c1-11-10-19-22-17(11)16-5-3-4-8-23(16)18(24)13-6-7-14-15(9-13)21-12(2)20-14/h6-7,9-10,16H,3-5,8H2,1-2H3,(H,19,22)(H,20,21). The van der Waals surface area contributed by atoms with E-state index in [2.05, 4.69) is 20.2 Å². The molecule has 124 valence electrons. The molecular formula is C18H21N5O. The van der Waals surface area contributed by atoms with Crippen molar-refractivity contribution in [2.24, 2.45) is 0 Å². The number of likely N-dealkylation sites (tertiary alicyclic amines) is 1. The summed E-state index contributed by atoms with van der Waals surface area (Å²) in [7, 11) is 0. The molecule has 3 aromatic rings. The largest absolute Gasteiger partial charge is 0.342 e.